The molecule has 0 aromatic rings. The molecule has 0 bridgehead atoms. The zero-order valence-corrected chi connectivity index (χ0v) is 15.4. The Morgan fingerprint density at radius 3 is 2.48 bits per heavy atom. The van der Waals surface area contributed by atoms with Crippen LogP contribution in [0.3, 0.4) is 0 Å². The summed E-state index contributed by atoms with van der Waals surface area (Å²) in [5.74, 6) is -0.0236. The lowest BCUT2D eigenvalue weighted by Gasteiger charge is -2.38. The molecule has 1 aliphatic rings. The Morgan fingerprint density at radius 1 is 1.26 bits per heavy atom. The van der Waals surface area contributed by atoms with Gasteiger partial charge in [-0.25, -0.2) is 4.79 Å². The van der Waals surface area contributed by atoms with Gasteiger partial charge in [-0.2, -0.15) is 0 Å². The van der Waals surface area contributed by atoms with Gasteiger partial charge in [0.2, 0.25) is 5.91 Å². The van der Waals surface area contributed by atoms with Crippen molar-refractivity contribution in [1.82, 2.24) is 15.5 Å². The molecule has 0 radical (unpaired) electrons. The van der Waals surface area contributed by atoms with Crippen molar-refractivity contribution in [3.05, 3.63) is 0 Å². The monoisotopic (exact) mass is 327 g/mol. The molecule has 3 unspecified atom stereocenters. The number of piperidine rings is 1. The van der Waals surface area contributed by atoms with Crippen molar-refractivity contribution in [3.63, 3.8) is 0 Å². The van der Waals surface area contributed by atoms with E-state index in [1.54, 1.807) is 7.05 Å². The van der Waals surface area contributed by atoms with E-state index in [1.807, 2.05) is 32.6 Å². The molecule has 1 fully saturated rings. The van der Waals surface area contributed by atoms with E-state index in [-0.39, 0.29) is 30.1 Å². The second kappa shape index (κ2) is 8.52. The van der Waals surface area contributed by atoms with Crippen LogP contribution in [0.1, 0.15) is 60.3 Å². The van der Waals surface area contributed by atoms with Crippen LogP contribution < -0.4 is 10.6 Å². The van der Waals surface area contributed by atoms with Gasteiger partial charge in [-0.05, 0) is 60.3 Å². The largest absolute Gasteiger partial charge is 0.444 e. The third-order valence-electron chi connectivity index (χ3n) is 4.05. The summed E-state index contributed by atoms with van der Waals surface area (Å²) in [4.78, 5) is 25.9. The van der Waals surface area contributed by atoms with Gasteiger partial charge in [-0.15, -0.1) is 0 Å². The van der Waals surface area contributed by atoms with Crippen molar-refractivity contribution >= 4 is 12.0 Å². The van der Waals surface area contributed by atoms with Gasteiger partial charge >= 0.3 is 6.09 Å². The molecule has 6 heteroatoms. The Morgan fingerprint density at radius 2 is 1.91 bits per heavy atom. The molecule has 134 valence electrons. The maximum atomic E-state index is 12.4. The molecule has 1 heterocycles. The highest BCUT2D eigenvalue weighted by atomic mass is 16.6. The van der Waals surface area contributed by atoms with Crippen molar-refractivity contribution in [2.75, 3.05) is 13.6 Å². The summed E-state index contributed by atoms with van der Waals surface area (Å²) in [6.07, 6.45) is 3.72. The predicted octanol–water partition coefficient (Wildman–Crippen LogP) is 2.28. The number of likely N-dealkylation sites (tertiary alicyclic amines) is 1. The summed E-state index contributed by atoms with van der Waals surface area (Å²) in [5, 5.41) is 5.94. The molecule has 0 aromatic carbocycles. The summed E-state index contributed by atoms with van der Waals surface area (Å²) in [7, 11) is 1.64. The Labute approximate surface area is 140 Å². The topological polar surface area (TPSA) is 70.7 Å². The summed E-state index contributed by atoms with van der Waals surface area (Å²) in [6, 6.07) is 0.0712. The van der Waals surface area contributed by atoms with Crippen LogP contribution in [-0.4, -0.2) is 54.2 Å². The van der Waals surface area contributed by atoms with Crippen LogP contribution in [0.5, 0.6) is 0 Å². The van der Waals surface area contributed by atoms with Crippen LogP contribution in [-0.2, 0) is 9.53 Å². The van der Waals surface area contributed by atoms with Crippen molar-refractivity contribution in [3.8, 4) is 0 Å². The van der Waals surface area contributed by atoms with Crippen molar-refractivity contribution in [2.24, 2.45) is 0 Å². The molecule has 0 aliphatic carbocycles. The van der Waals surface area contributed by atoms with Crippen molar-refractivity contribution < 1.29 is 14.3 Å². The Balaban J connectivity index is 2.60. The van der Waals surface area contributed by atoms with Gasteiger partial charge in [0.15, 0.2) is 0 Å². The SMILES string of the molecule is CNC(=O)C(C)NC(C)CC1CCCCN1C(=O)OC(C)(C)C. The zero-order valence-electron chi connectivity index (χ0n) is 15.4. The molecule has 6 nitrogen and oxygen atoms in total. The van der Waals surface area contributed by atoms with Crippen LogP contribution in [0, 0.1) is 0 Å². The summed E-state index contributed by atoms with van der Waals surface area (Å²) >= 11 is 0. The highest BCUT2D eigenvalue weighted by Gasteiger charge is 2.31. The van der Waals surface area contributed by atoms with Crippen molar-refractivity contribution in [1.29, 1.82) is 0 Å². The first-order valence-corrected chi connectivity index (χ1v) is 8.61. The molecule has 0 aromatic heterocycles. The minimum Gasteiger partial charge on any atom is -0.444 e. The van der Waals surface area contributed by atoms with E-state index in [0.29, 0.717) is 0 Å². The van der Waals surface area contributed by atoms with Gasteiger partial charge in [0.25, 0.3) is 0 Å². The van der Waals surface area contributed by atoms with E-state index in [0.717, 1.165) is 32.2 Å². The van der Waals surface area contributed by atoms with Crippen LogP contribution >= 0.6 is 0 Å². The van der Waals surface area contributed by atoms with Gasteiger partial charge in [0, 0.05) is 25.7 Å². The molecule has 3 atom stereocenters. The fourth-order valence-electron chi connectivity index (χ4n) is 3.00. The second-order valence-electron chi connectivity index (χ2n) is 7.46. The number of hydrogen-bond acceptors (Lipinski definition) is 4. The standard InChI is InChI=1S/C17H33N3O3/c1-12(19-13(2)15(21)18-6)11-14-9-7-8-10-20(14)16(22)23-17(3,4)5/h12-14,19H,7-11H2,1-6H3,(H,18,21). The third-order valence-corrected chi connectivity index (χ3v) is 4.05. The van der Waals surface area contributed by atoms with E-state index in [2.05, 4.69) is 17.6 Å². The zero-order chi connectivity index (χ0) is 17.6. The molecule has 2 amide bonds. The highest BCUT2D eigenvalue weighted by Crippen LogP contribution is 2.23. The first kappa shape index (κ1) is 19.7. The summed E-state index contributed by atoms with van der Waals surface area (Å²) in [6.45, 7) is 10.3. The fourth-order valence-corrected chi connectivity index (χ4v) is 3.00. The lowest BCUT2D eigenvalue weighted by atomic mass is 9.96. The highest BCUT2D eigenvalue weighted by molar-refractivity contribution is 5.80. The quantitative estimate of drug-likeness (QED) is 0.813. The van der Waals surface area contributed by atoms with Gasteiger partial charge in [-0.3, -0.25) is 4.79 Å². The number of amides is 2. The average molecular weight is 327 g/mol. The number of nitrogens with zero attached hydrogens (tertiary/aromatic N) is 1. The number of rotatable bonds is 5. The number of likely N-dealkylation sites (N-methyl/N-ethyl adjacent to an activating group) is 1. The van der Waals surface area contributed by atoms with E-state index in [4.69, 9.17) is 4.74 Å². The molecule has 1 saturated heterocycles. The van der Waals surface area contributed by atoms with E-state index >= 15 is 0 Å². The number of carbonyl (C=O) groups excluding carboxylic acids is 2. The molecule has 23 heavy (non-hydrogen) atoms. The maximum Gasteiger partial charge on any atom is 0.410 e. The first-order valence-electron chi connectivity index (χ1n) is 8.61. The smallest absolute Gasteiger partial charge is 0.410 e. The Hall–Kier alpha value is -1.30. The van der Waals surface area contributed by atoms with Gasteiger partial charge in [-0.1, -0.05) is 0 Å². The molecule has 2 N–H and O–H groups in total. The second-order valence-corrected chi connectivity index (χ2v) is 7.46. The fraction of sp³-hybridized carbons (Fsp3) is 0.882. The lowest BCUT2D eigenvalue weighted by Crippen LogP contribution is -2.50. The molecule has 1 aliphatic heterocycles. The van der Waals surface area contributed by atoms with Crippen molar-refractivity contribution in [2.45, 2.75) is 84.0 Å². The van der Waals surface area contributed by atoms with Crippen LogP contribution in [0.25, 0.3) is 0 Å². The number of carbonyl (C=O) groups is 2. The third kappa shape index (κ3) is 6.77. The molecular formula is C17H33N3O3. The van der Waals surface area contributed by atoms with Gasteiger partial charge in [0.1, 0.15) is 5.60 Å². The predicted molar refractivity (Wildman–Crippen MR) is 91.3 cm³/mol. The van der Waals surface area contributed by atoms with E-state index in [1.165, 1.54) is 0 Å². The number of nitrogens with one attached hydrogen (secondary N) is 2. The average Bonchev–Trinajstić information content (AvgIpc) is 2.44. The van der Waals surface area contributed by atoms with E-state index < -0.39 is 5.60 Å². The van der Waals surface area contributed by atoms with Crippen LogP contribution in [0.4, 0.5) is 4.79 Å². The number of hydrogen-bond donors (Lipinski definition) is 2. The Bertz CT molecular complexity index is 406. The van der Waals surface area contributed by atoms with Crippen LogP contribution in [0.2, 0.25) is 0 Å². The number of ether oxygens (including phenoxy) is 1. The van der Waals surface area contributed by atoms with Gasteiger partial charge < -0.3 is 20.3 Å². The van der Waals surface area contributed by atoms with E-state index in [9.17, 15) is 9.59 Å². The minimum absolute atomic E-state index is 0.0236. The lowest BCUT2D eigenvalue weighted by molar-refractivity contribution is -0.122. The Kier molecular flexibility index (Phi) is 7.32. The maximum absolute atomic E-state index is 12.4. The molecular weight excluding hydrogens is 294 g/mol. The molecule has 0 saturated carbocycles. The normalized spacial score (nSPS) is 21.5. The van der Waals surface area contributed by atoms with Crippen LogP contribution in [0.15, 0.2) is 0 Å². The molecule has 0 spiro atoms. The summed E-state index contributed by atoms with van der Waals surface area (Å²) in [5.41, 5.74) is -0.476. The summed E-state index contributed by atoms with van der Waals surface area (Å²) < 4.78 is 5.53. The minimum atomic E-state index is -0.476. The van der Waals surface area contributed by atoms with Gasteiger partial charge in [0.05, 0.1) is 6.04 Å². The first-order chi connectivity index (χ1) is 10.6. The molecule has 1 rings (SSSR count).